The van der Waals surface area contributed by atoms with E-state index in [4.69, 9.17) is 9.84 Å². The number of aromatic nitrogens is 2. The van der Waals surface area contributed by atoms with E-state index in [2.05, 4.69) is 9.98 Å². The van der Waals surface area contributed by atoms with Gasteiger partial charge in [-0.3, -0.25) is 4.57 Å². The molecule has 1 aliphatic heterocycles. The first-order valence-electron chi connectivity index (χ1n) is 6.36. The van der Waals surface area contributed by atoms with Gasteiger partial charge in [-0.05, 0) is 6.07 Å². The monoisotopic (exact) mass is 298 g/mol. The van der Waals surface area contributed by atoms with E-state index in [-0.39, 0.29) is 5.82 Å². The summed E-state index contributed by atoms with van der Waals surface area (Å²) in [7, 11) is 3.56. The fourth-order valence-corrected chi connectivity index (χ4v) is 1.95. The Morgan fingerprint density at radius 3 is 2.71 bits per heavy atom. The molecule has 2 rings (SSSR count). The molecule has 2 unspecified atom stereocenters. The molecule has 1 aromatic heterocycles. The van der Waals surface area contributed by atoms with Crippen LogP contribution in [0, 0.1) is 0 Å². The van der Waals surface area contributed by atoms with E-state index in [0.717, 1.165) is 4.57 Å². The Hall–Kier alpha value is -1.81. The summed E-state index contributed by atoms with van der Waals surface area (Å²) in [6, 6.07) is 1.48. The molecule has 3 N–H and O–H groups in total. The van der Waals surface area contributed by atoms with E-state index in [1.165, 1.54) is 18.6 Å². The maximum Gasteiger partial charge on any atom is 0.351 e. The van der Waals surface area contributed by atoms with Crippen molar-refractivity contribution in [2.75, 3.05) is 20.7 Å². The first kappa shape index (κ1) is 15.6. The summed E-state index contributed by atoms with van der Waals surface area (Å²) in [5, 5.41) is 28.6. The number of hydrogen-bond donors (Lipinski definition) is 3. The van der Waals surface area contributed by atoms with Crippen molar-refractivity contribution in [3.05, 3.63) is 22.7 Å². The molecule has 1 aliphatic rings. The molecule has 2 heterocycles. The SMILES string of the molecule is CN(C)/C=N/c1ccn([C@@H]2O[C@H](CO)C(O)C2O)c(=O)n1. The van der Waals surface area contributed by atoms with Gasteiger partial charge in [-0.25, -0.2) is 9.79 Å². The van der Waals surface area contributed by atoms with Crippen molar-refractivity contribution in [2.24, 2.45) is 4.99 Å². The van der Waals surface area contributed by atoms with Gasteiger partial charge in [0.1, 0.15) is 18.3 Å². The van der Waals surface area contributed by atoms with Crippen LogP contribution in [0.5, 0.6) is 0 Å². The Labute approximate surface area is 120 Å². The fraction of sp³-hybridized carbons (Fsp3) is 0.583. The molecule has 0 saturated carbocycles. The van der Waals surface area contributed by atoms with Gasteiger partial charge in [0.05, 0.1) is 12.9 Å². The van der Waals surface area contributed by atoms with E-state index >= 15 is 0 Å². The lowest BCUT2D eigenvalue weighted by molar-refractivity contribution is -0.0549. The normalized spacial score (nSPS) is 29.2. The van der Waals surface area contributed by atoms with Gasteiger partial charge < -0.3 is 25.0 Å². The van der Waals surface area contributed by atoms with Crippen molar-refractivity contribution >= 4 is 12.2 Å². The molecule has 0 aromatic carbocycles. The Balaban J connectivity index is 2.24. The van der Waals surface area contributed by atoms with Crippen LogP contribution in [0.4, 0.5) is 5.82 Å². The molecule has 1 saturated heterocycles. The minimum atomic E-state index is -1.32. The second-order valence-electron chi connectivity index (χ2n) is 4.91. The minimum Gasteiger partial charge on any atom is -0.394 e. The number of aliphatic hydroxyl groups is 3. The summed E-state index contributed by atoms with van der Waals surface area (Å²) in [5.74, 6) is 0.219. The zero-order valence-electron chi connectivity index (χ0n) is 11.7. The molecule has 116 valence electrons. The number of ether oxygens (including phenoxy) is 1. The third-order valence-electron chi connectivity index (χ3n) is 3.03. The van der Waals surface area contributed by atoms with E-state index < -0.39 is 36.8 Å². The predicted molar refractivity (Wildman–Crippen MR) is 73.3 cm³/mol. The molecule has 0 radical (unpaired) electrons. The Bertz CT molecular complexity index is 573. The van der Waals surface area contributed by atoms with Crippen LogP contribution in [0.2, 0.25) is 0 Å². The second-order valence-corrected chi connectivity index (χ2v) is 4.91. The molecule has 1 aromatic rings. The predicted octanol–water partition coefficient (Wildman–Crippen LogP) is -1.92. The molecule has 21 heavy (non-hydrogen) atoms. The molecule has 9 nitrogen and oxygen atoms in total. The minimum absolute atomic E-state index is 0.219. The van der Waals surface area contributed by atoms with Gasteiger partial charge in [0.2, 0.25) is 0 Å². The molecule has 4 atom stereocenters. The summed E-state index contributed by atoms with van der Waals surface area (Å²) in [4.78, 5) is 21.4. The highest BCUT2D eigenvalue weighted by Crippen LogP contribution is 2.28. The second kappa shape index (κ2) is 6.31. The van der Waals surface area contributed by atoms with Crippen LogP contribution >= 0.6 is 0 Å². The lowest BCUT2D eigenvalue weighted by atomic mass is 10.1. The van der Waals surface area contributed by atoms with E-state index in [1.54, 1.807) is 19.0 Å². The highest BCUT2D eigenvalue weighted by atomic mass is 16.6. The van der Waals surface area contributed by atoms with Crippen molar-refractivity contribution in [3.8, 4) is 0 Å². The van der Waals surface area contributed by atoms with Gasteiger partial charge in [-0.2, -0.15) is 4.98 Å². The van der Waals surface area contributed by atoms with Crippen LogP contribution in [0.15, 0.2) is 22.1 Å². The summed E-state index contributed by atoms with van der Waals surface area (Å²) in [5.41, 5.74) is -0.668. The fourth-order valence-electron chi connectivity index (χ4n) is 1.95. The molecule has 0 spiro atoms. The smallest absolute Gasteiger partial charge is 0.351 e. The molecule has 0 bridgehead atoms. The standard InChI is InChI=1S/C12H18N4O5/c1-15(2)6-13-8-3-4-16(12(20)14-8)11-10(19)9(18)7(5-17)21-11/h3-4,6-7,9-11,17-19H,5H2,1-2H3/b13-6+/t7-,9?,10?,11-/m1/s1. The average molecular weight is 298 g/mol. The molecule has 0 amide bonds. The van der Waals surface area contributed by atoms with Crippen molar-refractivity contribution in [1.82, 2.24) is 14.5 Å². The number of aliphatic hydroxyl groups excluding tert-OH is 3. The van der Waals surface area contributed by atoms with Crippen LogP contribution in [0.1, 0.15) is 6.23 Å². The quantitative estimate of drug-likeness (QED) is 0.437. The van der Waals surface area contributed by atoms with Crippen molar-refractivity contribution in [2.45, 2.75) is 24.5 Å². The van der Waals surface area contributed by atoms with E-state index in [0.29, 0.717) is 0 Å². The Morgan fingerprint density at radius 1 is 1.48 bits per heavy atom. The topological polar surface area (TPSA) is 120 Å². The van der Waals surface area contributed by atoms with Gasteiger partial charge in [-0.15, -0.1) is 0 Å². The zero-order valence-corrected chi connectivity index (χ0v) is 11.7. The summed E-state index contributed by atoms with van der Waals surface area (Å²) < 4.78 is 6.32. The maximum atomic E-state index is 11.9. The Kier molecular flexibility index (Phi) is 4.68. The van der Waals surface area contributed by atoms with E-state index in [9.17, 15) is 15.0 Å². The van der Waals surface area contributed by atoms with Crippen LogP contribution < -0.4 is 5.69 Å². The number of hydrogen-bond acceptors (Lipinski definition) is 7. The molecule has 9 heteroatoms. The van der Waals surface area contributed by atoms with Crippen LogP contribution in [0.3, 0.4) is 0 Å². The number of aliphatic imine (C=N–C) groups is 1. The van der Waals surface area contributed by atoms with Gasteiger partial charge in [0, 0.05) is 20.3 Å². The third kappa shape index (κ3) is 3.27. The third-order valence-corrected chi connectivity index (χ3v) is 3.03. The first-order chi connectivity index (χ1) is 9.93. The van der Waals surface area contributed by atoms with Crippen molar-refractivity contribution < 1.29 is 20.1 Å². The highest BCUT2D eigenvalue weighted by molar-refractivity contribution is 5.58. The Morgan fingerprint density at radius 2 is 2.19 bits per heavy atom. The summed E-state index contributed by atoms with van der Waals surface area (Å²) in [6.45, 7) is -0.456. The largest absolute Gasteiger partial charge is 0.394 e. The molecular formula is C12H18N4O5. The van der Waals surface area contributed by atoms with Crippen molar-refractivity contribution in [1.29, 1.82) is 0 Å². The van der Waals surface area contributed by atoms with Gasteiger partial charge in [0.25, 0.3) is 0 Å². The van der Waals surface area contributed by atoms with Gasteiger partial charge in [-0.1, -0.05) is 0 Å². The lowest BCUT2D eigenvalue weighted by Crippen LogP contribution is -2.35. The summed E-state index contributed by atoms with van der Waals surface area (Å²) >= 11 is 0. The van der Waals surface area contributed by atoms with Gasteiger partial charge in [0.15, 0.2) is 12.0 Å². The highest BCUT2D eigenvalue weighted by Gasteiger charge is 2.43. The zero-order chi connectivity index (χ0) is 15.6. The van der Waals surface area contributed by atoms with Crippen LogP contribution in [0.25, 0.3) is 0 Å². The summed E-state index contributed by atoms with van der Waals surface area (Å²) in [6.07, 6.45) is -1.75. The maximum absolute atomic E-state index is 11.9. The van der Waals surface area contributed by atoms with Crippen LogP contribution in [-0.4, -0.2) is 75.1 Å². The molecular weight excluding hydrogens is 280 g/mol. The first-order valence-corrected chi connectivity index (χ1v) is 6.36. The molecule has 1 fully saturated rings. The number of rotatable bonds is 4. The number of nitrogens with zero attached hydrogens (tertiary/aromatic N) is 4. The van der Waals surface area contributed by atoms with Gasteiger partial charge >= 0.3 is 5.69 Å². The van der Waals surface area contributed by atoms with Crippen LogP contribution in [-0.2, 0) is 4.74 Å². The van der Waals surface area contributed by atoms with E-state index in [1.807, 2.05) is 0 Å². The van der Waals surface area contributed by atoms with Crippen molar-refractivity contribution in [3.63, 3.8) is 0 Å². The average Bonchev–Trinajstić information content (AvgIpc) is 2.73. The lowest BCUT2D eigenvalue weighted by Gasteiger charge is -2.16. The molecule has 0 aliphatic carbocycles.